The lowest BCUT2D eigenvalue weighted by Gasteiger charge is -2.30. The minimum Gasteiger partial charge on any atom is -0.466 e. The number of rotatable bonds is 7. The Balaban J connectivity index is 1.64. The molecule has 0 spiro atoms. The minimum absolute atomic E-state index is 0.120. The molecule has 0 saturated carbocycles. The van der Waals surface area contributed by atoms with Crippen molar-refractivity contribution in [1.29, 1.82) is 0 Å². The van der Waals surface area contributed by atoms with E-state index in [0.717, 1.165) is 38.6 Å². The topological polar surface area (TPSA) is 87.7 Å². The molecule has 146 valence electrons. The van der Waals surface area contributed by atoms with E-state index in [-0.39, 0.29) is 24.3 Å². The number of likely N-dealkylation sites (tertiary alicyclic amines) is 1. The molecule has 1 atom stereocenters. The van der Waals surface area contributed by atoms with Gasteiger partial charge in [-0.2, -0.15) is 0 Å². The van der Waals surface area contributed by atoms with Crippen LogP contribution >= 0.6 is 0 Å². The molecule has 26 heavy (non-hydrogen) atoms. The molecule has 2 rings (SSSR count). The van der Waals surface area contributed by atoms with Gasteiger partial charge in [-0.3, -0.25) is 19.8 Å². The van der Waals surface area contributed by atoms with Gasteiger partial charge in [-0.1, -0.05) is 11.6 Å². The average Bonchev–Trinajstić information content (AvgIpc) is 2.63. The molecule has 2 N–H and O–H groups in total. The van der Waals surface area contributed by atoms with E-state index in [1.807, 2.05) is 4.90 Å². The largest absolute Gasteiger partial charge is 0.466 e. The number of hydrogen-bond donors (Lipinski definition) is 2. The Bertz CT molecular complexity index is 533. The number of ether oxygens (including phenoxy) is 1. The summed E-state index contributed by atoms with van der Waals surface area (Å²) in [6.07, 6.45) is 9.44. The van der Waals surface area contributed by atoms with Crippen LogP contribution in [0.4, 0.5) is 4.79 Å². The van der Waals surface area contributed by atoms with Crippen molar-refractivity contribution >= 4 is 17.9 Å². The van der Waals surface area contributed by atoms with Gasteiger partial charge in [-0.15, -0.1) is 0 Å². The van der Waals surface area contributed by atoms with Crippen LogP contribution in [0.3, 0.4) is 0 Å². The van der Waals surface area contributed by atoms with E-state index in [9.17, 15) is 14.4 Å². The van der Waals surface area contributed by atoms with Crippen LogP contribution < -0.4 is 10.6 Å². The van der Waals surface area contributed by atoms with Crippen molar-refractivity contribution in [2.45, 2.75) is 51.9 Å². The van der Waals surface area contributed by atoms with Crippen LogP contribution in [-0.2, 0) is 14.3 Å². The summed E-state index contributed by atoms with van der Waals surface area (Å²) >= 11 is 0. The van der Waals surface area contributed by atoms with Gasteiger partial charge in [0.2, 0.25) is 5.91 Å². The summed E-state index contributed by atoms with van der Waals surface area (Å²) in [5.74, 6) is -0.731. The Morgan fingerprint density at radius 3 is 2.85 bits per heavy atom. The number of allylic oxidation sites excluding steroid dienone is 1. The third-order valence-corrected chi connectivity index (χ3v) is 4.86. The van der Waals surface area contributed by atoms with Crippen molar-refractivity contribution < 1.29 is 19.1 Å². The molecular formula is C19H31N3O4. The number of nitrogens with one attached hydrogen (secondary N) is 2. The fourth-order valence-electron chi connectivity index (χ4n) is 3.53. The molecule has 1 heterocycles. The second kappa shape index (κ2) is 11.0. The number of imide groups is 1. The summed E-state index contributed by atoms with van der Waals surface area (Å²) in [6, 6.07) is -0.453. The molecule has 1 aliphatic heterocycles. The Morgan fingerprint density at radius 1 is 1.27 bits per heavy atom. The van der Waals surface area contributed by atoms with E-state index in [1.165, 1.54) is 18.4 Å². The lowest BCUT2D eigenvalue weighted by molar-refractivity contribution is -0.150. The fraction of sp³-hybridized carbons (Fsp3) is 0.737. The van der Waals surface area contributed by atoms with Crippen molar-refractivity contribution in [1.82, 2.24) is 15.5 Å². The molecule has 0 aromatic rings. The number of carbonyl (C=O) groups is 3. The van der Waals surface area contributed by atoms with Gasteiger partial charge in [0.1, 0.15) is 0 Å². The Hall–Kier alpha value is -1.89. The molecular weight excluding hydrogens is 334 g/mol. The second-order valence-electron chi connectivity index (χ2n) is 6.99. The standard InChI is InChI=1S/C19H31N3O4/c1-2-26-18(24)16-9-6-12-22(13-16)14-17(23)21-19(25)20-11-10-15-7-4-3-5-8-15/h7,16H,2-6,8-14H2,1H3,(H2,20,21,23,25)/t16-/m1/s1. The zero-order chi connectivity index (χ0) is 18.8. The summed E-state index contributed by atoms with van der Waals surface area (Å²) in [6.45, 7) is 4.07. The van der Waals surface area contributed by atoms with Crippen molar-refractivity contribution in [2.75, 3.05) is 32.8 Å². The van der Waals surface area contributed by atoms with Crippen LogP contribution in [0.25, 0.3) is 0 Å². The highest BCUT2D eigenvalue weighted by Crippen LogP contribution is 2.19. The van der Waals surface area contributed by atoms with E-state index in [4.69, 9.17) is 4.74 Å². The molecule has 2 aliphatic rings. The predicted octanol–water partition coefficient (Wildman–Crippen LogP) is 1.98. The number of piperidine rings is 1. The van der Waals surface area contributed by atoms with Gasteiger partial charge in [0.05, 0.1) is 19.1 Å². The highest BCUT2D eigenvalue weighted by Gasteiger charge is 2.27. The number of nitrogens with zero attached hydrogens (tertiary/aromatic N) is 1. The molecule has 1 saturated heterocycles. The van der Waals surface area contributed by atoms with Gasteiger partial charge in [0, 0.05) is 13.1 Å². The average molecular weight is 365 g/mol. The molecule has 1 aliphatic carbocycles. The molecule has 7 heteroatoms. The highest BCUT2D eigenvalue weighted by molar-refractivity contribution is 5.95. The molecule has 0 aromatic carbocycles. The SMILES string of the molecule is CCOC(=O)[C@@H]1CCCN(CC(=O)NC(=O)NCCC2=CCCCC2)C1. The number of amides is 3. The number of esters is 1. The van der Waals surface area contributed by atoms with Gasteiger partial charge < -0.3 is 10.1 Å². The molecule has 3 amide bonds. The van der Waals surface area contributed by atoms with Crippen molar-refractivity contribution in [2.24, 2.45) is 5.92 Å². The molecule has 0 bridgehead atoms. The predicted molar refractivity (Wildman–Crippen MR) is 98.5 cm³/mol. The van der Waals surface area contributed by atoms with Crippen LogP contribution in [0.2, 0.25) is 0 Å². The first-order valence-electron chi connectivity index (χ1n) is 9.73. The maximum atomic E-state index is 12.0. The smallest absolute Gasteiger partial charge is 0.321 e. The molecule has 1 fully saturated rings. The van der Waals surface area contributed by atoms with Gasteiger partial charge in [0.25, 0.3) is 0 Å². The zero-order valence-corrected chi connectivity index (χ0v) is 15.7. The maximum Gasteiger partial charge on any atom is 0.321 e. The Kier molecular flexibility index (Phi) is 8.61. The van der Waals surface area contributed by atoms with Gasteiger partial charge in [0.15, 0.2) is 0 Å². The summed E-state index contributed by atoms with van der Waals surface area (Å²) in [5, 5.41) is 5.11. The van der Waals surface area contributed by atoms with Crippen LogP contribution in [0, 0.1) is 5.92 Å². The van der Waals surface area contributed by atoms with Gasteiger partial charge >= 0.3 is 12.0 Å². The van der Waals surface area contributed by atoms with Crippen molar-refractivity contribution in [3.8, 4) is 0 Å². The zero-order valence-electron chi connectivity index (χ0n) is 15.7. The van der Waals surface area contributed by atoms with Crippen LogP contribution in [0.1, 0.15) is 51.9 Å². The van der Waals surface area contributed by atoms with Crippen LogP contribution in [-0.4, -0.2) is 55.6 Å². The summed E-state index contributed by atoms with van der Waals surface area (Å²) in [7, 11) is 0. The van der Waals surface area contributed by atoms with Gasteiger partial charge in [-0.05, 0) is 58.4 Å². The molecule has 0 aromatic heterocycles. The van der Waals surface area contributed by atoms with Gasteiger partial charge in [-0.25, -0.2) is 4.79 Å². The third kappa shape index (κ3) is 7.15. The summed E-state index contributed by atoms with van der Waals surface area (Å²) in [4.78, 5) is 37.6. The monoisotopic (exact) mass is 365 g/mol. The molecule has 7 nitrogen and oxygen atoms in total. The lowest BCUT2D eigenvalue weighted by atomic mass is 9.97. The van der Waals surface area contributed by atoms with E-state index in [1.54, 1.807) is 6.92 Å². The first-order valence-corrected chi connectivity index (χ1v) is 9.73. The lowest BCUT2D eigenvalue weighted by Crippen LogP contribution is -2.48. The summed E-state index contributed by atoms with van der Waals surface area (Å²) in [5.41, 5.74) is 1.39. The number of hydrogen-bond acceptors (Lipinski definition) is 5. The third-order valence-electron chi connectivity index (χ3n) is 4.86. The first kappa shape index (κ1) is 20.4. The van der Waals surface area contributed by atoms with Crippen molar-refractivity contribution in [3.05, 3.63) is 11.6 Å². The Morgan fingerprint density at radius 2 is 2.12 bits per heavy atom. The highest BCUT2D eigenvalue weighted by atomic mass is 16.5. The minimum atomic E-state index is -0.453. The first-order chi connectivity index (χ1) is 12.6. The van der Waals surface area contributed by atoms with E-state index in [2.05, 4.69) is 16.7 Å². The normalized spacial score (nSPS) is 20.8. The van der Waals surface area contributed by atoms with Crippen LogP contribution in [0.5, 0.6) is 0 Å². The fourth-order valence-corrected chi connectivity index (χ4v) is 3.53. The van der Waals surface area contributed by atoms with Crippen molar-refractivity contribution in [3.63, 3.8) is 0 Å². The maximum absolute atomic E-state index is 12.0. The van der Waals surface area contributed by atoms with E-state index in [0.29, 0.717) is 19.7 Å². The quantitative estimate of drug-likeness (QED) is 0.532. The van der Waals surface area contributed by atoms with Crippen LogP contribution in [0.15, 0.2) is 11.6 Å². The molecule has 0 radical (unpaired) electrons. The number of urea groups is 1. The molecule has 0 unspecified atom stereocenters. The van der Waals surface area contributed by atoms with E-state index < -0.39 is 6.03 Å². The van der Waals surface area contributed by atoms with E-state index >= 15 is 0 Å². The number of carbonyl (C=O) groups excluding carboxylic acids is 3. The Labute approximate surface area is 155 Å². The summed E-state index contributed by atoms with van der Waals surface area (Å²) < 4.78 is 5.06. The second-order valence-corrected chi connectivity index (χ2v) is 6.99.